The third-order valence-electron chi connectivity index (χ3n) is 4.20. The first kappa shape index (κ1) is 30.9. The summed E-state index contributed by atoms with van der Waals surface area (Å²) in [5.41, 5.74) is 0. The Morgan fingerprint density at radius 2 is 0.840 bits per heavy atom. The summed E-state index contributed by atoms with van der Waals surface area (Å²) < 4.78 is 4.86. The van der Waals surface area contributed by atoms with Gasteiger partial charge in [0.1, 0.15) is 0 Å². The van der Waals surface area contributed by atoms with Crippen molar-refractivity contribution in [2.45, 2.75) is 117 Å². The minimum Gasteiger partial charge on any atom is -1.00 e. The second-order valence-electron chi connectivity index (χ2n) is 6.59. The first-order valence-corrected chi connectivity index (χ1v) is 9.94. The van der Waals surface area contributed by atoms with Crippen molar-refractivity contribution in [2.75, 3.05) is 0 Å². The molecule has 0 saturated carbocycles. The number of unbranched alkanes of at least 4 members (excludes halogenated alkanes) is 12. The van der Waals surface area contributed by atoms with Crippen LogP contribution in [0.3, 0.4) is 0 Å². The van der Waals surface area contributed by atoms with E-state index in [9.17, 15) is 9.59 Å². The number of ether oxygens (including phenoxy) is 1. The molecule has 3 nitrogen and oxygen atoms in total. The minimum atomic E-state index is -0.341. The monoisotopic (exact) mass is 374 g/mol. The summed E-state index contributed by atoms with van der Waals surface area (Å²) in [7, 11) is 0. The van der Waals surface area contributed by atoms with Crippen LogP contribution in [0, 0.1) is 0 Å². The van der Waals surface area contributed by atoms with E-state index in [1.54, 1.807) is 0 Å². The maximum absolute atomic E-state index is 11.6. The maximum Gasteiger partial charge on any atom is 1.00 e. The zero-order valence-electron chi connectivity index (χ0n) is 19.5. The fourth-order valence-electron chi connectivity index (χ4n) is 2.68. The van der Waals surface area contributed by atoms with Crippen LogP contribution in [-0.2, 0) is 14.3 Å². The number of hydrogen-bond acceptors (Lipinski definition) is 3. The SMILES string of the molecule is CCCCCCCCCC(=O)OC(=O)CCCCCCCCC.[H-].[H-].[Na+].[Na+]. The molecule has 0 aliphatic heterocycles. The smallest absolute Gasteiger partial charge is 1.00 e. The van der Waals surface area contributed by atoms with Crippen molar-refractivity contribution < 1.29 is 76.3 Å². The predicted molar refractivity (Wildman–Crippen MR) is 98.5 cm³/mol. The third-order valence-corrected chi connectivity index (χ3v) is 4.20. The largest absolute Gasteiger partial charge is 1.00 e. The van der Waals surface area contributed by atoms with E-state index in [1.165, 1.54) is 64.2 Å². The van der Waals surface area contributed by atoms with Gasteiger partial charge in [-0.25, -0.2) is 0 Å². The Hall–Kier alpha value is 1.14. The van der Waals surface area contributed by atoms with Crippen LogP contribution in [0.1, 0.15) is 119 Å². The normalized spacial score (nSPS) is 9.84. The van der Waals surface area contributed by atoms with E-state index in [1.807, 2.05) is 0 Å². The molecule has 0 fully saturated rings. The van der Waals surface area contributed by atoms with Crippen LogP contribution in [0.5, 0.6) is 0 Å². The fourth-order valence-corrected chi connectivity index (χ4v) is 2.68. The first-order valence-electron chi connectivity index (χ1n) is 9.94. The Kier molecular flexibility index (Phi) is 31.0. The number of carbonyl (C=O) groups excluding carboxylic acids is 2. The van der Waals surface area contributed by atoms with Gasteiger partial charge in [0.05, 0.1) is 0 Å². The molecule has 0 bridgehead atoms. The molecule has 5 heteroatoms. The summed E-state index contributed by atoms with van der Waals surface area (Å²) in [6, 6.07) is 0. The van der Waals surface area contributed by atoms with Crippen molar-refractivity contribution in [3.8, 4) is 0 Å². The fraction of sp³-hybridized carbons (Fsp3) is 0.900. The second-order valence-corrected chi connectivity index (χ2v) is 6.59. The Balaban J connectivity index is -0.000000403. The van der Waals surface area contributed by atoms with Crippen LogP contribution in [0.2, 0.25) is 0 Å². The van der Waals surface area contributed by atoms with Crippen LogP contribution in [-0.4, -0.2) is 11.9 Å². The van der Waals surface area contributed by atoms with Gasteiger partial charge in [-0.05, 0) is 12.8 Å². The molecule has 0 aromatic heterocycles. The summed E-state index contributed by atoms with van der Waals surface area (Å²) in [6.45, 7) is 4.42. The molecule has 0 atom stereocenters. The average Bonchev–Trinajstić information content (AvgIpc) is 2.53. The van der Waals surface area contributed by atoms with E-state index >= 15 is 0 Å². The van der Waals surface area contributed by atoms with E-state index in [2.05, 4.69) is 13.8 Å². The Morgan fingerprint density at radius 3 is 1.16 bits per heavy atom. The second kappa shape index (κ2) is 25.1. The average molecular weight is 375 g/mol. The van der Waals surface area contributed by atoms with Crippen LogP contribution in [0.25, 0.3) is 0 Å². The van der Waals surface area contributed by atoms with Gasteiger partial charge in [0.2, 0.25) is 0 Å². The van der Waals surface area contributed by atoms with Gasteiger partial charge >= 0.3 is 71.1 Å². The van der Waals surface area contributed by atoms with Crippen molar-refractivity contribution in [1.82, 2.24) is 0 Å². The Bertz CT molecular complexity index is 279. The predicted octanol–water partition coefficient (Wildman–Crippen LogP) is 0.571. The van der Waals surface area contributed by atoms with Crippen LogP contribution >= 0.6 is 0 Å². The van der Waals surface area contributed by atoms with E-state index in [4.69, 9.17) is 4.74 Å². The number of esters is 2. The summed E-state index contributed by atoms with van der Waals surface area (Å²) >= 11 is 0. The molecule has 0 aromatic rings. The molecule has 0 heterocycles. The summed E-state index contributed by atoms with van der Waals surface area (Å²) in [4.78, 5) is 23.1. The number of rotatable bonds is 16. The number of hydrogen-bond donors (Lipinski definition) is 0. The molecule has 0 N–H and O–H groups in total. The van der Waals surface area contributed by atoms with Crippen molar-refractivity contribution in [3.05, 3.63) is 0 Å². The molecule has 0 spiro atoms. The molecular weight excluding hydrogens is 334 g/mol. The standard InChI is InChI=1S/C20H38O3.2Na.2H/c1-3-5-7-9-11-13-15-17-19(21)23-20(22)18-16-14-12-10-8-6-4-2;;;;/h3-18H2,1-2H3;;;;/q;2*+1;2*-1. The van der Waals surface area contributed by atoms with Crippen molar-refractivity contribution >= 4 is 11.9 Å². The molecule has 0 aliphatic carbocycles. The molecule has 0 saturated heterocycles. The molecule has 0 unspecified atom stereocenters. The van der Waals surface area contributed by atoms with Gasteiger partial charge in [0.15, 0.2) is 0 Å². The van der Waals surface area contributed by atoms with Crippen LogP contribution in [0.4, 0.5) is 0 Å². The summed E-state index contributed by atoms with van der Waals surface area (Å²) in [5.74, 6) is -0.682. The molecule has 0 rings (SSSR count). The Morgan fingerprint density at radius 1 is 0.560 bits per heavy atom. The van der Waals surface area contributed by atoms with Gasteiger partial charge < -0.3 is 7.59 Å². The van der Waals surface area contributed by atoms with Crippen molar-refractivity contribution in [2.24, 2.45) is 0 Å². The Labute approximate surface area is 203 Å². The third kappa shape index (κ3) is 25.1. The van der Waals surface area contributed by atoms with E-state index < -0.39 is 0 Å². The molecule has 0 radical (unpaired) electrons. The van der Waals surface area contributed by atoms with Crippen molar-refractivity contribution in [3.63, 3.8) is 0 Å². The maximum atomic E-state index is 11.6. The molecule has 0 aliphatic rings. The molecule has 0 aromatic carbocycles. The quantitative estimate of drug-likeness (QED) is 0.172. The van der Waals surface area contributed by atoms with Crippen LogP contribution < -0.4 is 59.1 Å². The van der Waals surface area contributed by atoms with Gasteiger partial charge in [-0.3, -0.25) is 9.59 Å². The van der Waals surface area contributed by atoms with Crippen LogP contribution in [0.15, 0.2) is 0 Å². The topological polar surface area (TPSA) is 43.4 Å². The molecular formula is C20H40Na2O3. The van der Waals surface area contributed by atoms with Gasteiger partial charge in [0, 0.05) is 12.8 Å². The summed E-state index contributed by atoms with van der Waals surface area (Å²) in [5, 5.41) is 0. The molecule has 25 heavy (non-hydrogen) atoms. The van der Waals surface area contributed by atoms with Gasteiger partial charge in [-0.2, -0.15) is 0 Å². The van der Waals surface area contributed by atoms with E-state index in [0.717, 1.165) is 25.7 Å². The van der Waals surface area contributed by atoms with Gasteiger partial charge in [-0.1, -0.05) is 90.9 Å². The van der Waals surface area contributed by atoms with Gasteiger partial charge in [0.25, 0.3) is 0 Å². The molecule has 0 amide bonds. The van der Waals surface area contributed by atoms with Crippen molar-refractivity contribution in [1.29, 1.82) is 0 Å². The minimum absolute atomic E-state index is 0. The molecule has 140 valence electrons. The zero-order chi connectivity index (χ0) is 17.2. The van der Waals surface area contributed by atoms with Gasteiger partial charge in [-0.15, -0.1) is 0 Å². The zero-order valence-corrected chi connectivity index (χ0v) is 21.5. The first-order chi connectivity index (χ1) is 11.2. The van der Waals surface area contributed by atoms with E-state index in [-0.39, 0.29) is 73.9 Å². The number of carbonyl (C=O) groups is 2. The van der Waals surface area contributed by atoms with E-state index in [0.29, 0.717) is 12.8 Å². The summed E-state index contributed by atoms with van der Waals surface area (Å²) in [6.07, 6.45) is 17.1.